The smallest absolute Gasteiger partial charge is 0.382 e. The van der Waals surface area contributed by atoms with E-state index in [9.17, 15) is 13.2 Å². The van der Waals surface area contributed by atoms with Crippen LogP contribution in [-0.2, 0) is 12.7 Å². The molecular weight excluding hydrogens is 557 g/mol. The molecule has 226 valence electrons. The molecule has 0 bridgehead atoms. The first kappa shape index (κ1) is 28.9. The summed E-state index contributed by atoms with van der Waals surface area (Å²) in [7, 11) is 2.18. The van der Waals surface area contributed by atoms with Crippen LogP contribution < -0.4 is 21.3 Å². The fourth-order valence-electron chi connectivity index (χ4n) is 5.74. The normalized spacial score (nSPS) is 17.3. The number of nitrogens with one attached hydrogen (secondary N) is 2. The molecule has 2 saturated heterocycles. The van der Waals surface area contributed by atoms with E-state index in [-0.39, 0.29) is 0 Å². The van der Waals surface area contributed by atoms with Crippen molar-refractivity contribution in [2.45, 2.75) is 31.6 Å². The predicted octanol–water partition coefficient (Wildman–Crippen LogP) is 4.59. The Labute approximate surface area is 248 Å². The third-order valence-electron chi connectivity index (χ3n) is 8.17. The molecule has 2 aromatic carbocycles. The van der Waals surface area contributed by atoms with Crippen molar-refractivity contribution in [3.8, 4) is 0 Å². The maximum Gasteiger partial charge on any atom is 0.416 e. The highest BCUT2D eigenvalue weighted by Gasteiger charge is 2.30. The topological polar surface area (TPSA) is 111 Å². The molecule has 0 radical (unpaired) electrons. The molecule has 0 unspecified atom stereocenters. The van der Waals surface area contributed by atoms with Crippen molar-refractivity contribution < 1.29 is 13.2 Å². The zero-order valence-corrected chi connectivity index (χ0v) is 24.0. The molecule has 6 rings (SSSR count). The number of fused-ring (bicyclic) bond motifs is 1. The van der Waals surface area contributed by atoms with Crippen molar-refractivity contribution in [2.75, 3.05) is 67.6 Å². The SMILES string of the molecule is CN1CCC(N2CCN(c3nc(N)c4ncnc(Nc5cccc(CNc6cccc(C(F)(F)F)c6)c5)c4n3)CC2)CC1. The second-order valence-corrected chi connectivity index (χ2v) is 11.1. The van der Waals surface area contributed by atoms with Crippen molar-refractivity contribution >= 4 is 40.0 Å². The van der Waals surface area contributed by atoms with Gasteiger partial charge < -0.3 is 26.2 Å². The number of piperazine rings is 1. The Kier molecular flexibility index (Phi) is 8.17. The Bertz CT molecular complexity index is 1560. The van der Waals surface area contributed by atoms with E-state index in [0.717, 1.165) is 62.7 Å². The van der Waals surface area contributed by atoms with Crippen LogP contribution in [0.5, 0.6) is 0 Å². The highest BCUT2D eigenvalue weighted by Crippen LogP contribution is 2.31. The van der Waals surface area contributed by atoms with Gasteiger partial charge in [0.2, 0.25) is 5.95 Å². The minimum absolute atomic E-state index is 0.294. The lowest BCUT2D eigenvalue weighted by Gasteiger charge is -2.42. The summed E-state index contributed by atoms with van der Waals surface area (Å²) in [4.78, 5) is 25.3. The molecule has 0 atom stereocenters. The van der Waals surface area contributed by atoms with Gasteiger partial charge in [0.15, 0.2) is 11.6 Å². The Morgan fingerprint density at radius 3 is 2.40 bits per heavy atom. The lowest BCUT2D eigenvalue weighted by molar-refractivity contribution is -0.137. The molecule has 4 aromatic rings. The second-order valence-electron chi connectivity index (χ2n) is 11.1. The lowest BCUT2D eigenvalue weighted by atomic mass is 10.0. The number of hydrogen-bond donors (Lipinski definition) is 3. The maximum atomic E-state index is 13.1. The number of piperidine rings is 1. The Morgan fingerprint density at radius 1 is 0.884 bits per heavy atom. The number of rotatable bonds is 7. The second kappa shape index (κ2) is 12.2. The molecule has 43 heavy (non-hydrogen) atoms. The number of nitrogen functional groups attached to an aromatic ring is 1. The molecule has 10 nitrogen and oxygen atoms in total. The summed E-state index contributed by atoms with van der Waals surface area (Å²) in [5.74, 6) is 1.35. The summed E-state index contributed by atoms with van der Waals surface area (Å²) in [6.07, 6.45) is -0.575. The zero-order valence-electron chi connectivity index (χ0n) is 24.0. The van der Waals surface area contributed by atoms with Crippen LogP contribution in [0.4, 0.5) is 42.1 Å². The third-order valence-corrected chi connectivity index (χ3v) is 8.17. The van der Waals surface area contributed by atoms with E-state index in [2.05, 4.69) is 47.3 Å². The fraction of sp³-hybridized carbons (Fsp3) is 0.400. The van der Waals surface area contributed by atoms with Gasteiger partial charge in [0.05, 0.1) is 5.56 Å². The number of alkyl halides is 3. The molecule has 2 aromatic heterocycles. The first-order chi connectivity index (χ1) is 20.7. The van der Waals surface area contributed by atoms with E-state index in [0.29, 0.717) is 46.9 Å². The molecule has 4 heterocycles. The Balaban J connectivity index is 1.15. The summed E-state index contributed by atoms with van der Waals surface area (Å²) < 4.78 is 39.3. The van der Waals surface area contributed by atoms with E-state index in [1.165, 1.54) is 25.2 Å². The van der Waals surface area contributed by atoms with Gasteiger partial charge in [-0.15, -0.1) is 0 Å². The van der Waals surface area contributed by atoms with Gasteiger partial charge in [-0.3, -0.25) is 4.90 Å². The number of likely N-dealkylation sites (tertiary alicyclic amines) is 1. The van der Waals surface area contributed by atoms with Crippen molar-refractivity contribution in [3.63, 3.8) is 0 Å². The number of benzene rings is 2. The molecule has 0 amide bonds. The molecule has 2 fully saturated rings. The van der Waals surface area contributed by atoms with E-state index >= 15 is 0 Å². The summed E-state index contributed by atoms with van der Waals surface area (Å²) >= 11 is 0. The summed E-state index contributed by atoms with van der Waals surface area (Å²) in [6, 6.07) is 13.3. The largest absolute Gasteiger partial charge is 0.416 e. The van der Waals surface area contributed by atoms with Crippen molar-refractivity contribution in [1.82, 2.24) is 29.7 Å². The average molecular weight is 593 g/mol. The minimum Gasteiger partial charge on any atom is -0.382 e. The summed E-state index contributed by atoms with van der Waals surface area (Å²) in [5, 5.41) is 6.39. The van der Waals surface area contributed by atoms with Gasteiger partial charge in [-0.1, -0.05) is 18.2 Å². The first-order valence-corrected chi connectivity index (χ1v) is 14.5. The number of aromatic nitrogens is 4. The first-order valence-electron chi connectivity index (χ1n) is 14.5. The van der Waals surface area contributed by atoms with E-state index in [1.807, 2.05) is 24.3 Å². The third kappa shape index (κ3) is 6.73. The van der Waals surface area contributed by atoms with Crippen LogP contribution in [0.3, 0.4) is 0 Å². The van der Waals surface area contributed by atoms with Crippen molar-refractivity contribution in [3.05, 3.63) is 66.0 Å². The molecule has 2 aliphatic rings. The molecular formula is C30H35F3N10. The highest BCUT2D eigenvalue weighted by molar-refractivity contribution is 5.93. The van der Waals surface area contributed by atoms with Crippen LogP contribution in [0, 0.1) is 0 Å². The van der Waals surface area contributed by atoms with Gasteiger partial charge in [-0.25, -0.2) is 15.0 Å². The van der Waals surface area contributed by atoms with E-state index in [1.54, 1.807) is 6.07 Å². The van der Waals surface area contributed by atoms with Crippen LogP contribution >= 0.6 is 0 Å². The number of anilines is 5. The van der Waals surface area contributed by atoms with Crippen molar-refractivity contribution in [2.24, 2.45) is 0 Å². The zero-order chi connectivity index (χ0) is 30.0. The van der Waals surface area contributed by atoms with Crippen molar-refractivity contribution in [1.29, 1.82) is 0 Å². The number of nitrogens with two attached hydrogens (primary N) is 1. The molecule has 13 heteroatoms. The molecule has 2 aliphatic heterocycles. The van der Waals surface area contributed by atoms with Gasteiger partial charge in [0.25, 0.3) is 0 Å². The Hall–Kier alpha value is -4.23. The van der Waals surface area contributed by atoms with Gasteiger partial charge in [-0.05, 0) is 68.9 Å². The number of halogens is 3. The van der Waals surface area contributed by atoms with Gasteiger partial charge >= 0.3 is 6.18 Å². The van der Waals surface area contributed by atoms with Crippen LogP contribution in [-0.4, -0.2) is 82.1 Å². The van der Waals surface area contributed by atoms with E-state index in [4.69, 9.17) is 10.7 Å². The number of nitrogens with zero attached hydrogens (tertiary/aromatic N) is 7. The Morgan fingerprint density at radius 2 is 1.63 bits per heavy atom. The quantitative estimate of drug-likeness (QED) is 0.282. The standard InChI is InChI=1S/C30H35F3N10/c1-41-10-8-24(9-11-41)42-12-14-43(15-13-42)29-39-26-25(27(34)40-29)36-19-37-28(26)38-23-7-2-4-20(16-23)18-35-22-6-3-5-21(17-22)30(31,32)33/h2-7,16-17,19,24,35H,8-15,18H2,1H3,(H2,34,39,40)(H,36,37,38). The van der Waals surface area contributed by atoms with Gasteiger partial charge in [-0.2, -0.15) is 18.2 Å². The van der Waals surface area contributed by atoms with Gasteiger partial charge in [0.1, 0.15) is 17.4 Å². The van der Waals surface area contributed by atoms with Crippen LogP contribution in [0.15, 0.2) is 54.9 Å². The lowest BCUT2D eigenvalue weighted by Crippen LogP contribution is -2.53. The molecule has 0 aliphatic carbocycles. The molecule has 0 saturated carbocycles. The monoisotopic (exact) mass is 592 g/mol. The molecule has 0 spiro atoms. The minimum atomic E-state index is -4.39. The summed E-state index contributed by atoms with van der Waals surface area (Å²) in [5.41, 5.74) is 8.66. The van der Waals surface area contributed by atoms with Gasteiger partial charge in [0, 0.05) is 50.1 Å². The van der Waals surface area contributed by atoms with Crippen LogP contribution in [0.2, 0.25) is 0 Å². The summed E-state index contributed by atoms with van der Waals surface area (Å²) in [6.45, 7) is 6.15. The van der Waals surface area contributed by atoms with Crippen LogP contribution in [0.1, 0.15) is 24.0 Å². The van der Waals surface area contributed by atoms with Crippen LogP contribution in [0.25, 0.3) is 11.0 Å². The fourth-order valence-corrected chi connectivity index (χ4v) is 5.74. The molecule has 4 N–H and O–H groups in total. The number of hydrogen-bond acceptors (Lipinski definition) is 10. The highest BCUT2D eigenvalue weighted by atomic mass is 19.4. The maximum absolute atomic E-state index is 13.1. The average Bonchev–Trinajstić information content (AvgIpc) is 3.01. The van der Waals surface area contributed by atoms with E-state index < -0.39 is 11.7 Å². The predicted molar refractivity (Wildman–Crippen MR) is 162 cm³/mol.